The molecule has 4 nitrogen and oxygen atoms in total. The number of aromatic nitrogens is 2. The van der Waals surface area contributed by atoms with Crippen LogP contribution in [0.15, 0.2) is 65.8 Å². The second-order valence-electron chi connectivity index (χ2n) is 5.17. The molecule has 1 heterocycles. The minimum Gasteiger partial charge on any atom is -0.384 e. The lowest BCUT2D eigenvalue weighted by molar-refractivity contribution is 0.901. The van der Waals surface area contributed by atoms with Gasteiger partial charge >= 0.3 is 0 Å². The molecule has 0 aliphatic carbocycles. The van der Waals surface area contributed by atoms with Crippen LogP contribution in [0.4, 0.5) is 11.5 Å². The molecule has 0 amide bonds. The maximum atomic E-state index is 6.15. The number of thioether (sulfide) groups is 1. The van der Waals surface area contributed by atoms with Crippen molar-refractivity contribution in [1.82, 2.24) is 9.97 Å². The van der Waals surface area contributed by atoms with Gasteiger partial charge in [0.05, 0.1) is 22.9 Å². The van der Waals surface area contributed by atoms with Gasteiger partial charge in [-0.25, -0.2) is 9.97 Å². The van der Waals surface area contributed by atoms with Crippen LogP contribution in [0.3, 0.4) is 0 Å². The van der Waals surface area contributed by atoms with E-state index in [2.05, 4.69) is 27.4 Å². The summed E-state index contributed by atoms with van der Waals surface area (Å²) in [5.41, 5.74) is 8.84. The van der Waals surface area contributed by atoms with Crippen molar-refractivity contribution in [3.05, 3.63) is 76.9 Å². The fourth-order valence-corrected chi connectivity index (χ4v) is 3.20. The molecule has 3 rings (SSSR count). The highest BCUT2D eigenvalue weighted by Gasteiger charge is 2.05. The van der Waals surface area contributed by atoms with Gasteiger partial charge in [0.25, 0.3) is 0 Å². The number of anilines is 2. The summed E-state index contributed by atoms with van der Waals surface area (Å²) in [5.74, 6) is 1.28. The highest BCUT2D eigenvalue weighted by atomic mass is 35.5. The van der Waals surface area contributed by atoms with Gasteiger partial charge in [-0.05, 0) is 17.7 Å². The number of para-hydroxylation sites is 1. The first kappa shape index (κ1) is 16.6. The molecular weight excluding hydrogens is 340 g/mol. The van der Waals surface area contributed by atoms with E-state index >= 15 is 0 Å². The smallest absolute Gasteiger partial charge is 0.190 e. The minimum absolute atomic E-state index is 0.469. The second-order valence-corrected chi connectivity index (χ2v) is 6.52. The summed E-state index contributed by atoms with van der Waals surface area (Å²) < 4.78 is 0. The zero-order chi connectivity index (χ0) is 16.8. The van der Waals surface area contributed by atoms with Crippen molar-refractivity contribution in [1.29, 1.82) is 0 Å². The van der Waals surface area contributed by atoms with Crippen LogP contribution in [0.25, 0.3) is 0 Å². The Bertz CT molecular complexity index is 811. The van der Waals surface area contributed by atoms with E-state index < -0.39 is 0 Å². The molecule has 0 bridgehead atoms. The third kappa shape index (κ3) is 4.63. The van der Waals surface area contributed by atoms with Crippen LogP contribution in [0, 0.1) is 0 Å². The quantitative estimate of drug-likeness (QED) is 0.498. The monoisotopic (exact) mass is 356 g/mol. The largest absolute Gasteiger partial charge is 0.384 e. The highest BCUT2D eigenvalue weighted by molar-refractivity contribution is 7.98. The Labute approximate surface area is 150 Å². The Morgan fingerprint density at radius 1 is 1.00 bits per heavy atom. The average molecular weight is 357 g/mol. The minimum atomic E-state index is 0.469. The van der Waals surface area contributed by atoms with Crippen LogP contribution in [0.2, 0.25) is 5.02 Å². The summed E-state index contributed by atoms with van der Waals surface area (Å²) in [5, 5.41) is 4.63. The van der Waals surface area contributed by atoms with Crippen molar-refractivity contribution in [2.24, 2.45) is 0 Å². The number of hydrogen-bond acceptors (Lipinski definition) is 5. The lowest BCUT2D eigenvalue weighted by Crippen LogP contribution is -2.05. The van der Waals surface area contributed by atoms with Gasteiger partial charge in [-0.3, -0.25) is 0 Å². The fourth-order valence-electron chi connectivity index (χ4n) is 2.16. The topological polar surface area (TPSA) is 63.8 Å². The standard InChI is InChI=1S/C18H17ClN4S/c19-15-8-4-5-9-16(15)21-11-14-10-17(20)23-18(22-14)24-12-13-6-2-1-3-7-13/h1-10,21H,11-12H2,(H2,20,22,23). The van der Waals surface area contributed by atoms with Crippen LogP contribution in [-0.2, 0) is 12.3 Å². The molecule has 0 atom stereocenters. The molecule has 3 N–H and O–H groups in total. The molecular formula is C18H17ClN4S. The Kier molecular flexibility index (Phi) is 5.56. The van der Waals surface area contributed by atoms with E-state index in [0.29, 0.717) is 22.5 Å². The van der Waals surface area contributed by atoms with Crippen molar-refractivity contribution < 1.29 is 0 Å². The first-order valence-electron chi connectivity index (χ1n) is 7.49. The third-order valence-corrected chi connectivity index (χ3v) is 4.57. The van der Waals surface area contributed by atoms with Gasteiger partial charge in [-0.15, -0.1) is 0 Å². The summed E-state index contributed by atoms with van der Waals surface area (Å²) in [6, 6.07) is 19.6. The van der Waals surface area contributed by atoms with Gasteiger partial charge in [-0.2, -0.15) is 0 Å². The zero-order valence-corrected chi connectivity index (χ0v) is 14.5. The number of nitrogens with zero attached hydrogens (tertiary/aromatic N) is 2. The van der Waals surface area contributed by atoms with E-state index in [-0.39, 0.29) is 0 Å². The highest BCUT2D eigenvalue weighted by Crippen LogP contribution is 2.23. The van der Waals surface area contributed by atoms with E-state index in [1.807, 2.05) is 42.5 Å². The maximum Gasteiger partial charge on any atom is 0.190 e. The molecule has 0 fully saturated rings. The molecule has 0 aliphatic heterocycles. The van der Waals surface area contributed by atoms with Crippen LogP contribution < -0.4 is 11.1 Å². The van der Waals surface area contributed by atoms with Crippen molar-refractivity contribution >= 4 is 34.9 Å². The van der Waals surface area contributed by atoms with Crippen LogP contribution in [-0.4, -0.2) is 9.97 Å². The normalized spacial score (nSPS) is 10.5. The van der Waals surface area contributed by atoms with Crippen LogP contribution in [0.5, 0.6) is 0 Å². The van der Waals surface area contributed by atoms with Gasteiger partial charge in [0, 0.05) is 11.8 Å². The Morgan fingerprint density at radius 3 is 2.54 bits per heavy atom. The van der Waals surface area contributed by atoms with E-state index in [0.717, 1.165) is 17.1 Å². The van der Waals surface area contributed by atoms with Gasteiger partial charge in [-0.1, -0.05) is 65.8 Å². The molecule has 1 aromatic heterocycles. The molecule has 0 unspecified atom stereocenters. The zero-order valence-electron chi connectivity index (χ0n) is 12.9. The van der Waals surface area contributed by atoms with Crippen molar-refractivity contribution in [3.8, 4) is 0 Å². The average Bonchev–Trinajstić information content (AvgIpc) is 2.60. The second kappa shape index (κ2) is 8.04. The molecule has 6 heteroatoms. The number of nitrogens with two attached hydrogens (primary N) is 1. The number of rotatable bonds is 6. The SMILES string of the molecule is Nc1cc(CNc2ccccc2Cl)nc(SCc2ccccc2)n1. The number of halogens is 1. The molecule has 0 radical (unpaired) electrons. The number of hydrogen-bond donors (Lipinski definition) is 2. The number of nitrogen functional groups attached to an aromatic ring is 1. The van der Waals surface area contributed by atoms with Gasteiger partial charge < -0.3 is 11.1 Å². The van der Waals surface area contributed by atoms with Crippen molar-refractivity contribution in [2.45, 2.75) is 17.5 Å². The Balaban J connectivity index is 1.66. The van der Waals surface area contributed by atoms with Crippen molar-refractivity contribution in [3.63, 3.8) is 0 Å². The number of nitrogens with one attached hydrogen (secondary N) is 1. The molecule has 0 saturated heterocycles. The van der Waals surface area contributed by atoms with Crippen molar-refractivity contribution in [2.75, 3.05) is 11.1 Å². The van der Waals surface area contributed by atoms with Gasteiger partial charge in [0.2, 0.25) is 0 Å². The van der Waals surface area contributed by atoms with E-state index in [1.54, 1.807) is 17.8 Å². The summed E-state index contributed by atoms with van der Waals surface area (Å²) in [4.78, 5) is 8.86. The molecule has 3 aromatic rings. The summed E-state index contributed by atoms with van der Waals surface area (Å²) in [7, 11) is 0. The summed E-state index contributed by atoms with van der Waals surface area (Å²) in [6.07, 6.45) is 0. The summed E-state index contributed by atoms with van der Waals surface area (Å²) in [6.45, 7) is 0.537. The lowest BCUT2D eigenvalue weighted by Gasteiger charge is -2.09. The maximum absolute atomic E-state index is 6.15. The predicted molar refractivity (Wildman–Crippen MR) is 101 cm³/mol. The molecule has 0 spiro atoms. The third-order valence-electron chi connectivity index (χ3n) is 3.32. The van der Waals surface area contributed by atoms with Crippen LogP contribution in [0.1, 0.15) is 11.3 Å². The van der Waals surface area contributed by atoms with Gasteiger partial charge in [0.15, 0.2) is 5.16 Å². The lowest BCUT2D eigenvalue weighted by atomic mass is 10.2. The summed E-state index contributed by atoms with van der Waals surface area (Å²) >= 11 is 7.72. The first-order valence-corrected chi connectivity index (χ1v) is 8.85. The molecule has 2 aromatic carbocycles. The first-order chi connectivity index (χ1) is 11.7. The Hall–Kier alpha value is -2.24. The fraction of sp³-hybridized carbons (Fsp3) is 0.111. The predicted octanol–water partition coefficient (Wildman–Crippen LogP) is 4.62. The van der Waals surface area contributed by atoms with E-state index in [1.165, 1.54) is 5.56 Å². The Morgan fingerprint density at radius 2 is 1.75 bits per heavy atom. The van der Waals surface area contributed by atoms with Gasteiger partial charge in [0.1, 0.15) is 5.82 Å². The van der Waals surface area contributed by atoms with E-state index in [9.17, 15) is 0 Å². The molecule has 0 saturated carbocycles. The molecule has 0 aliphatic rings. The molecule has 122 valence electrons. The van der Waals surface area contributed by atoms with Crippen LogP contribution >= 0.6 is 23.4 Å². The molecule has 24 heavy (non-hydrogen) atoms. The number of benzene rings is 2. The van der Waals surface area contributed by atoms with E-state index in [4.69, 9.17) is 17.3 Å².